The highest BCUT2D eigenvalue weighted by atomic mass is 16.5. The Bertz CT molecular complexity index is 667. The molecule has 3 heteroatoms. The van der Waals surface area contributed by atoms with Crippen LogP contribution in [-0.4, -0.2) is 12.0 Å². The van der Waals surface area contributed by atoms with E-state index in [2.05, 4.69) is 31.3 Å². The highest BCUT2D eigenvalue weighted by Crippen LogP contribution is 2.22. The van der Waals surface area contributed by atoms with Crippen molar-refractivity contribution in [3.8, 4) is 5.75 Å². The molecule has 0 heterocycles. The highest BCUT2D eigenvalue weighted by Gasteiger charge is 2.23. The first-order valence-electron chi connectivity index (χ1n) is 9.08. The lowest BCUT2D eigenvalue weighted by Crippen LogP contribution is -2.40. The molecule has 2 aromatic rings. The van der Waals surface area contributed by atoms with Gasteiger partial charge in [-0.05, 0) is 48.9 Å². The minimum atomic E-state index is -0.486. The number of amides is 1. The van der Waals surface area contributed by atoms with Crippen molar-refractivity contribution in [3.63, 3.8) is 0 Å². The number of rotatable bonds is 8. The average Bonchev–Trinajstić information content (AvgIpc) is 2.59. The average molecular weight is 339 g/mol. The Hall–Kier alpha value is -2.29. The standard InChI is InChI=1S/C22H29NO2/c1-5-21(25-19-13-9-10-17(4)15-19)22(24)23-20(14-16(2)3)18-11-7-6-8-12-18/h6-13,15-16,20-21H,5,14H2,1-4H3,(H,23,24). The number of carbonyl (C=O) groups excluding carboxylic acids is 1. The van der Waals surface area contributed by atoms with Crippen LogP contribution in [0.2, 0.25) is 0 Å². The second-order valence-electron chi connectivity index (χ2n) is 6.93. The van der Waals surface area contributed by atoms with Gasteiger partial charge in [0.25, 0.3) is 5.91 Å². The summed E-state index contributed by atoms with van der Waals surface area (Å²) in [5.41, 5.74) is 2.25. The zero-order valence-electron chi connectivity index (χ0n) is 15.7. The van der Waals surface area contributed by atoms with Crippen molar-refractivity contribution >= 4 is 5.91 Å². The molecule has 2 aromatic carbocycles. The molecule has 2 atom stereocenters. The molecule has 0 spiro atoms. The summed E-state index contributed by atoms with van der Waals surface area (Å²) < 4.78 is 5.94. The molecular weight excluding hydrogens is 310 g/mol. The van der Waals surface area contributed by atoms with Crippen LogP contribution >= 0.6 is 0 Å². The molecule has 0 aromatic heterocycles. The zero-order chi connectivity index (χ0) is 18.2. The van der Waals surface area contributed by atoms with Gasteiger partial charge in [-0.2, -0.15) is 0 Å². The monoisotopic (exact) mass is 339 g/mol. The predicted molar refractivity (Wildman–Crippen MR) is 103 cm³/mol. The maximum absolute atomic E-state index is 12.8. The fourth-order valence-corrected chi connectivity index (χ4v) is 2.87. The number of carbonyl (C=O) groups is 1. The van der Waals surface area contributed by atoms with E-state index in [9.17, 15) is 4.79 Å². The van der Waals surface area contributed by atoms with Gasteiger partial charge in [-0.15, -0.1) is 0 Å². The molecule has 25 heavy (non-hydrogen) atoms. The summed E-state index contributed by atoms with van der Waals surface area (Å²) in [6, 6.07) is 18.0. The van der Waals surface area contributed by atoms with Gasteiger partial charge in [-0.25, -0.2) is 0 Å². The van der Waals surface area contributed by atoms with Crippen molar-refractivity contribution in [2.45, 2.75) is 52.7 Å². The molecule has 1 N–H and O–H groups in total. The summed E-state index contributed by atoms with van der Waals surface area (Å²) in [5.74, 6) is 1.17. The molecule has 2 rings (SSSR count). The SMILES string of the molecule is CCC(Oc1cccc(C)c1)C(=O)NC(CC(C)C)c1ccccc1. The van der Waals surface area contributed by atoms with Crippen molar-refractivity contribution in [3.05, 3.63) is 65.7 Å². The fraction of sp³-hybridized carbons (Fsp3) is 0.409. The van der Waals surface area contributed by atoms with Crippen LogP contribution in [0.4, 0.5) is 0 Å². The van der Waals surface area contributed by atoms with Gasteiger partial charge in [0.15, 0.2) is 6.10 Å². The van der Waals surface area contributed by atoms with Gasteiger partial charge >= 0.3 is 0 Å². The molecular formula is C22H29NO2. The van der Waals surface area contributed by atoms with Gasteiger partial charge < -0.3 is 10.1 Å². The van der Waals surface area contributed by atoms with Crippen LogP contribution in [0, 0.1) is 12.8 Å². The Morgan fingerprint density at radius 1 is 1.08 bits per heavy atom. The van der Waals surface area contributed by atoms with E-state index in [4.69, 9.17) is 4.74 Å². The summed E-state index contributed by atoms with van der Waals surface area (Å²) in [7, 11) is 0. The normalized spacial score (nSPS) is 13.3. The quantitative estimate of drug-likeness (QED) is 0.730. The van der Waals surface area contributed by atoms with Crippen molar-refractivity contribution in [1.29, 1.82) is 0 Å². The molecule has 0 fully saturated rings. The van der Waals surface area contributed by atoms with E-state index >= 15 is 0 Å². The van der Waals surface area contributed by atoms with E-state index in [1.807, 2.05) is 56.3 Å². The Balaban J connectivity index is 2.09. The van der Waals surface area contributed by atoms with Crippen molar-refractivity contribution in [2.24, 2.45) is 5.92 Å². The summed E-state index contributed by atoms with van der Waals surface area (Å²) in [6.07, 6.45) is 1.04. The van der Waals surface area contributed by atoms with Crippen LogP contribution < -0.4 is 10.1 Å². The van der Waals surface area contributed by atoms with Crippen molar-refractivity contribution < 1.29 is 9.53 Å². The van der Waals surface area contributed by atoms with Crippen LogP contribution in [0.15, 0.2) is 54.6 Å². The summed E-state index contributed by atoms with van der Waals surface area (Å²) in [4.78, 5) is 12.8. The number of nitrogens with one attached hydrogen (secondary N) is 1. The Morgan fingerprint density at radius 2 is 1.80 bits per heavy atom. The molecule has 0 radical (unpaired) electrons. The van der Waals surface area contributed by atoms with E-state index in [1.165, 1.54) is 0 Å². The van der Waals surface area contributed by atoms with E-state index in [0.717, 1.165) is 23.3 Å². The van der Waals surface area contributed by atoms with Crippen LogP contribution in [0.25, 0.3) is 0 Å². The van der Waals surface area contributed by atoms with Gasteiger partial charge in [0, 0.05) is 0 Å². The van der Waals surface area contributed by atoms with Gasteiger partial charge in [-0.1, -0.05) is 63.2 Å². The molecule has 134 valence electrons. The Labute approximate surface area is 151 Å². The van der Waals surface area contributed by atoms with Gasteiger partial charge in [0.1, 0.15) is 5.75 Å². The first-order valence-corrected chi connectivity index (χ1v) is 9.08. The zero-order valence-corrected chi connectivity index (χ0v) is 15.7. The number of benzene rings is 2. The molecule has 0 bridgehead atoms. The lowest BCUT2D eigenvalue weighted by atomic mass is 9.96. The summed E-state index contributed by atoms with van der Waals surface area (Å²) >= 11 is 0. The maximum Gasteiger partial charge on any atom is 0.261 e. The van der Waals surface area contributed by atoms with Crippen molar-refractivity contribution in [1.82, 2.24) is 5.32 Å². The van der Waals surface area contributed by atoms with Crippen LogP contribution in [0.5, 0.6) is 5.75 Å². The third-order valence-corrected chi connectivity index (χ3v) is 4.16. The third-order valence-electron chi connectivity index (χ3n) is 4.16. The molecule has 0 saturated carbocycles. The van der Waals surface area contributed by atoms with Gasteiger partial charge in [0.2, 0.25) is 0 Å². The second kappa shape index (κ2) is 9.26. The van der Waals surface area contributed by atoms with E-state index in [1.54, 1.807) is 0 Å². The van der Waals surface area contributed by atoms with Crippen LogP contribution in [-0.2, 0) is 4.79 Å². The van der Waals surface area contributed by atoms with E-state index in [-0.39, 0.29) is 11.9 Å². The van der Waals surface area contributed by atoms with Crippen LogP contribution in [0.1, 0.15) is 50.8 Å². The fourth-order valence-electron chi connectivity index (χ4n) is 2.87. The number of ether oxygens (including phenoxy) is 1. The first kappa shape index (κ1) is 19.0. The Kier molecular flexibility index (Phi) is 7.05. The number of aryl methyl sites for hydroxylation is 1. The molecule has 3 nitrogen and oxygen atoms in total. The summed E-state index contributed by atoms with van der Waals surface area (Å²) in [5, 5.41) is 3.19. The molecule has 0 aliphatic heterocycles. The third kappa shape index (κ3) is 5.93. The van der Waals surface area contributed by atoms with E-state index < -0.39 is 6.10 Å². The molecule has 0 aliphatic rings. The molecule has 1 amide bonds. The van der Waals surface area contributed by atoms with Crippen LogP contribution in [0.3, 0.4) is 0 Å². The lowest BCUT2D eigenvalue weighted by molar-refractivity contribution is -0.129. The van der Waals surface area contributed by atoms with Gasteiger partial charge in [-0.3, -0.25) is 4.79 Å². The maximum atomic E-state index is 12.8. The minimum absolute atomic E-state index is 0.00357. The number of hydrogen-bond donors (Lipinski definition) is 1. The highest BCUT2D eigenvalue weighted by molar-refractivity contribution is 5.81. The smallest absolute Gasteiger partial charge is 0.261 e. The number of hydrogen-bond acceptors (Lipinski definition) is 2. The molecule has 2 unspecified atom stereocenters. The minimum Gasteiger partial charge on any atom is -0.481 e. The van der Waals surface area contributed by atoms with Gasteiger partial charge in [0.05, 0.1) is 6.04 Å². The first-order chi connectivity index (χ1) is 12.0. The topological polar surface area (TPSA) is 38.3 Å². The lowest BCUT2D eigenvalue weighted by Gasteiger charge is -2.24. The predicted octanol–water partition coefficient (Wildman–Crippen LogP) is 5.06. The largest absolute Gasteiger partial charge is 0.481 e. The second-order valence-corrected chi connectivity index (χ2v) is 6.93. The van der Waals surface area contributed by atoms with Crippen molar-refractivity contribution in [2.75, 3.05) is 0 Å². The summed E-state index contributed by atoms with van der Waals surface area (Å²) in [6.45, 7) is 8.33. The van der Waals surface area contributed by atoms with E-state index in [0.29, 0.717) is 12.3 Å². The molecule has 0 aliphatic carbocycles. The molecule has 0 saturated heterocycles. The Morgan fingerprint density at radius 3 is 2.40 bits per heavy atom.